The van der Waals surface area contributed by atoms with Crippen molar-refractivity contribution in [1.82, 2.24) is 9.80 Å². The van der Waals surface area contributed by atoms with Crippen LogP contribution < -0.4 is 9.47 Å². The maximum absolute atomic E-state index is 6.10. The predicted molar refractivity (Wildman–Crippen MR) is 104 cm³/mol. The largest absolute Gasteiger partial charge is 0.486 e. The van der Waals surface area contributed by atoms with Crippen LogP contribution in [0.2, 0.25) is 0 Å². The summed E-state index contributed by atoms with van der Waals surface area (Å²) in [5.41, 5.74) is 1.45. The molecule has 2 aliphatic rings. The number of nitrogens with zero attached hydrogens (tertiary/aromatic N) is 2. The Morgan fingerprint density at radius 3 is 2.31 bits per heavy atom. The van der Waals surface area contributed by atoms with Crippen LogP contribution in [0.5, 0.6) is 11.5 Å². The van der Waals surface area contributed by atoms with Gasteiger partial charge in [0.15, 0.2) is 11.5 Å². The van der Waals surface area contributed by atoms with Crippen molar-refractivity contribution in [2.24, 2.45) is 0 Å². The maximum atomic E-state index is 6.10. The van der Waals surface area contributed by atoms with Crippen molar-refractivity contribution < 1.29 is 9.47 Å². The lowest BCUT2D eigenvalue weighted by Crippen LogP contribution is -2.50. The molecule has 2 aromatic rings. The number of piperazine rings is 1. The number of hydrogen-bond acceptors (Lipinski definition) is 4. The summed E-state index contributed by atoms with van der Waals surface area (Å²) in [5.74, 6) is 1.75. The minimum atomic E-state index is 0.134. The number of benzene rings is 2. The highest BCUT2D eigenvalue weighted by molar-refractivity contribution is 5.40. The molecule has 0 N–H and O–H groups in total. The Hall–Kier alpha value is -2.04. The first-order chi connectivity index (χ1) is 12.9. The van der Waals surface area contributed by atoms with Gasteiger partial charge in [-0.2, -0.15) is 0 Å². The van der Waals surface area contributed by atoms with Gasteiger partial charge in [0.2, 0.25) is 0 Å². The van der Waals surface area contributed by atoms with Crippen molar-refractivity contribution in [3.63, 3.8) is 0 Å². The van der Waals surface area contributed by atoms with Crippen LogP contribution >= 0.6 is 0 Å². The Kier molecular flexibility index (Phi) is 5.72. The molecule has 2 aliphatic heterocycles. The van der Waals surface area contributed by atoms with Gasteiger partial charge in [0.25, 0.3) is 0 Å². The Morgan fingerprint density at radius 1 is 0.808 bits per heavy atom. The fraction of sp³-hybridized carbons (Fsp3) is 0.455. The second-order valence-corrected chi connectivity index (χ2v) is 7.23. The summed E-state index contributed by atoms with van der Waals surface area (Å²) < 4.78 is 11.9. The van der Waals surface area contributed by atoms with Gasteiger partial charge in [0.1, 0.15) is 12.7 Å². The molecule has 4 nitrogen and oxygen atoms in total. The molecule has 0 radical (unpaired) electrons. The third-order valence-electron chi connectivity index (χ3n) is 5.28. The smallest absolute Gasteiger partial charge is 0.161 e. The molecule has 1 unspecified atom stereocenters. The Balaban J connectivity index is 1.16. The Bertz CT molecular complexity index is 684. The third kappa shape index (κ3) is 4.57. The van der Waals surface area contributed by atoms with Gasteiger partial charge in [-0.3, -0.25) is 4.90 Å². The Labute approximate surface area is 156 Å². The van der Waals surface area contributed by atoms with E-state index in [9.17, 15) is 0 Å². The Morgan fingerprint density at radius 2 is 1.50 bits per heavy atom. The average molecular weight is 352 g/mol. The van der Waals surface area contributed by atoms with E-state index in [1.54, 1.807) is 0 Å². The highest BCUT2D eigenvalue weighted by Crippen LogP contribution is 2.31. The summed E-state index contributed by atoms with van der Waals surface area (Å²) in [4.78, 5) is 5.10. The number of ether oxygens (including phenoxy) is 2. The lowest BCUT2D eigenvalue weighted by molar-refractivity contribution is 0.0402. The van der Waals surface area contributed by atoms with Gasteiger partial charge >= 0.3 is 0 Å². The van der Waals surface area contributed by atoms with Gasteiger partial charge in [-0.25, -0.2) is 0 Å². The van der Waals surface area contributed by atoms with Crippen LogP contribution in [0.4, 0.5) is 0 Å². The fourth-order valence-corrected chi connectivity index (χ4v) is 3.79. The van der Waals surface area contributed by atoms with Crippen molar-refractivity contribution >= 4 is 0 Å². The van der Waals surface area contributed by atoms with Gasteiger partial charge in [0, 0.05) is 32.7 Å². The number of para-hydroxylation sites is 2. The standard InChI is InChI=1S/C22H28N2O2/c1-2-7-19(8-3-1)9-6-12-23-13-15-24(16-14-23)17-20-18-25-21-10-4-5-11-22(21)26-20/h1-5,7-8,10-11,20H,6,9,12-18H2. The summed E-state index contributed by atoms with van der Waals surface area (Å²) in [6.07, 6.45) is 2.54. The molecule has 0 amide bonds. The molecule has 26 heavy (non-hydrogen) atoms. The lowest BCUT2D eigenvalue weighted by atomic mass is 10.1. The zero-order valence-corrected chi connectivity index (χ0v) is 15.3. The minimum absolute atomic E-state index is 0.134. The molecule has 0 saturated carbocycles. The molecular weight excluding hydrogens is 324 g/mol. The van der Waals surface area contributed by atoms with Crippen LogP contribution in [-0.4, -0.2) is 61.8 Å². The molecule has 4 rings (SSSR count). The van der Waals surface area contributed by atoms with Gasteiger partial charge in [-0.1, -0.05) is 42.5 Å². The number of rotatable bonds is 6. The first-order valence-corrected chi connectivity index (χ1v) is 9.74. The molecule has 0 aliphatic carbocycles. The SMILES string of the molecule is c1ccc(CCCN2CCN(CC3COc4ccccc4O3)CC2)cc1. The summed E-state index contributed by atoms with van der Waals surface area (Å²) in [7, 11) is 0. The quantitative estimate of drug-likeness (QED) is 0.798. The molecule has 0 spiro atoms. The van der Waals surface area contributed by atoms with Crippen LogP contribution in [0.1, 0.15) is 12.0 Å². The molecular formula is C22H28N2O2. The first kappa shape index (κ1) is 17.4. The highest BCUT2D eigenvalue weighted by atomic mass is 16.6. The van der Waals surface area contributed by atoms with Crippen LogP contribution in [0, 0.1) is 0 Å². The number of hydrogen-bond donors (Lipinski definition) is 0. The zero-order valence-electron chi connectivity index (χ0n) is 15.3. The van der Waals surface area contributed by atoms with Crippen molar-refractivity contribution in [1.29, 1.82) is 0 Å². The van der Waals surface area contributed by atoms with Gasteiger partial charge < -0.3 is 14.4 Å². The molecule has 0 aromatic heterocycles. The maximum Gasteiger partial charge on any atom is 0.161 e. The third-order valence-corrected chi connectivity index (χ3v) is 5.28. The normalized spacial score (nSPS) is 20.8. The highest BCUT2D eigenvalue weighted by Gasteiger charge is 2.25. The number of aryl methyl sites for hydroxylation is 1. The van der Waals surface area contributed by atoms with E-state index in [1.807, 2.05) is 24.3 Å². The average Bonchev–Trinajstić information content (AvgIpc) is 2.70. The summed E-state index contributed by atoms with van der Waals surface area (Å²) in [6, 6.07) is 18.7. The van der Waals surface area contributed by atoms with Gasteiger partial charge in [-0.05, 0) is 37.1 Å². The monoisotopic (exact) mass is 352 g/mol. The van der Waals surface area contributed by atoms with Crippen LogP contribution in [0.25, 0.3) is 0 Å². The summed E-state index contributed by atoms with van der Waals surface area (Å²) in [6.45, 7) is 7.33. The minimum Gasteiger partial charge on any atom is -0.486 e. The van der Waals surface area contributed by atoms with E-state index in [1.165, 1.54) is 24.9 Å². The van der Waals surface area contributed by atoms with Crippen LogP contribution in [-0.2, 0) is 6.42 Å². The molecule has 2 aromatic carbocycles. The summed E-state index contributed by atoms with van der Waals surface area (Å²) >= 11 is 0. The van der Waals surface area contributed by atoms with Crippen LogP contribution in [0.3, 0.4) is 0 Å². The lowest BCUT2D eigenvalue weighted by Gasteiger charge is -2.37. The molecule has 1 fully saturated rings. The zero-order chi connectivity index (χ0) is 17.6. The van der Waals surface area contributed by atoms with Crippen molar-refractivity contribution in [3.8, 4) is 11.5 Å². The van der Waals surface area contributed by atoms with E-state index in [-0.39, 0.29) is 6.10 Å². The first-order valence-electron chi connectivity index (χ1n) is 9.74. The van der Waals surface area contributed by atoms with E-state index < -0.39 is 0 Å². The van der Waals surface area contributed by atoms with Crippen molar-refractivity contribution in [2.75, 3.05) is 45.9 Å². The molecule has 1 atom stereocenters. The predicted octanol–water partition coefficient (Wildman–Crippen LogP) is 3.08. The van der Waals surface area contributed by atoms with E-state index in [0.717, 1.165) is 44.2 Å². The van der Waals surface area contributed by atoms with Crippen LogP contribution in [0.15, 0.2) is 54.6 Å². The van der Waals surface area contributed by atoms with E-state index in [2.05, 4.69) is 40.1 Å². The fourth-order valence-electron chi connectivity index (χ4n) is 3.79. The van der Waals surface area contributed by atoms with E-state index >= 15 is 0 Å². The molecule has 4 heteroatoms. The summed E-state index contributed by atoms with van der Waals surface area (Å²) in [5, 5.41) is 0. The topological polar surface area (TPSA) is 24.9 Å². The number of fused-ring (bicyclic) bond motifs is 1. The van der Waals surface area contributed by atoms with Gasteiger partial charge in [-0.15, -0.1) is 0 Å². The van der Waals surface area contributed by atoms with Crippen molar-refractivity contribution in [2.45, 2.75) is 18.9 Å². The van der Waals surface area contributed by atoms with E-state index in [0.29, 0.717) is 6.61 Å². The molecule has 1 saturated heterocycles. The van der Waals surface area contributed by atoms with Crippen molar-refractivity contribution in [3.05, 3.63) is 60.2 Å². The second kappa shape index (κ2) is 8.56. The van der Waals surface area contributed by atoms with Gasteiger partial charge in [0.05, 0.1) is 0 Å². The molecule has 2 heterocycles. The molecule has 138 valence electrons. The van der Waals surface area contributed by atoms with E-state index in [4.69, 9.17) is 9.47 Å². The second-order valence-electron chi connectivity index (χ2n) is 7.23. The molecule has 0 bridgehead atoms.